The lowest BCUT2D eigenvalue weighted by molar-refractivity contribution is 0.0729. The smallest absolute Gasteiger partial charge is 0.0906 e. The van der Waals surface area contributed by atoms with Crippen LogP contribution in [0.2, 0.25) is 0 Å². The fraction of sp³-hybridized carbons (Fsp3) is 0.824. The van der Waals surface area contributed by atoms with E-state index in [-0.39, 0.29) is 0 Å². The van der Waals surface area contributed by atoms with Gasteiger partial charge in [0, 0.05) is 6.20 Å². The standard InChI is InChI=1S/C17H29N3O/c18-11-14-5-4-6-15(14)12-21-13-16-9-10-20(19-16)17-7-2-1-3-8-17/h9-10,14-15,17H,1-8,11-13,18H2. The van der Waals surface area contributed by atoms with E-state index in [4.69, 9.17) is 15.6 Å². The van der Waals surface area contributed by atoms with Gasteiger partial charge < -0.3 is 10.5 Å². The van der Waals surface area contributed by atoms with Crippen molar-refractivity contribution in [2.24, 2.45) is 17.6 Å². The second-order valence-corrected chi connectivity index (χ2v) is 6.78. The summed E-state index contributed by atoms with van der Waals surface area (Å²) in [6.07, 6.45) is 12.6. The molecule has 0 aromatic carbocycles. The monoisotopic (exact) mass is 291 g/mol. The largest absolute Gasteiger partial charge is 0.375 e. The Labute approximate surface area is 128 Å². The van der Waals surface area contributed by atoms with E-state index in [0.717, 1.165) is 18.8 Å². The summed E-state index contributed by atoms with van der Waals surface area (Å²) in [4.78, 5) is 0. The molecule has 4 nitrogen and oxygen atoms in total. The third kappa shape index (κ3) is 3.86. The quantitative estimate of drug-likeness (QED) is 0.875. The summed E-state index contributed by atoms with van der Waals surface area (Å²) in [6, 6.07) is 2.73. The predicted molar refractivity (Wildman–Crippen MR) is 83.9 cm³/mol. The first-order valence-electron chi connectivity index (χ1n) is 8.68. The first-order chi connectivity index (χ1) is 10.4. The van der Waals surface area contributed by atoms with Crippen LogP contribution in [-0.2, 0) is 11.3 Å². The molecule has 0 amide bonds. The summed E-state index contributed by atoms with van der Waals surface area (Å²) >= 11 is 0. The molecule has 2 unspecified atom stereocenters. The van der Waals surface area contributed by atoms with Gasteiger partial charge in [-0.25, -0.2) is 0 Å². The Kier molecular flexibility index (Phi) is 5.31. The maximum absolute atomic E-state index is 5.90. The van der Waals surface area contributed by atoms with E-state index in [1.165, 1.54) is 51.4 Å². The van der Waals surface area contributed by atoms with Crippen LogP contribution in [-0.4, -0.2) is 22.9 Å². The van der Waals surface area contributed by atoms with Crippen LogP contribution in [0.25, 0.3) is 0 Å². The van der Waals surface area contributed by atoms with Gasteiger partial charge >= 0.3 is 0 Å². The van der Waals surface area contributed by atoms with E-state index >= 15 is 0 Å². The SMILES string of the molecule is NCC1CCCC1COCc1ccn(C2CCCCC2)n1. The lowest BCUT2D eigenvalue weighted by atomic mass is 9.96. The molecule has 3 rings (SSSR count). The summed E-state index contributed by atoms with van der Waals surface area (Å²) < 4.78 is 8.07. The van der Waals surface area contributed by atoms with Crippen LogP contribution in [0.1, 0.15) is 63.1 Å². The van der Waals surface area contributed by atoms with E-state index in [2.05, 4.69) is 16.9 Å². The molecule has 1 aromatic heterocycles. The molecule has 2 atom stereocenters. The Morgan fingerprint density at radius 1 is 1.10 bits per heavy atom. The Bertz CT molecular complexity index is 425. The molecule has 2 N–H and O–H groups in total. The predicted octanol–water partition coefficient (Wildman–Crippen LogP) is 3.28. The van der Waals surface area contributed by atoms with Gasteiger partial charge in [0.1, 0.15) is 0 Å². The van der Waals surface area contributed by atoms with Crippen LogP contribution < -0.4 is 5.73 Å². The van der Waals surface area contributed by atoms with E-state index in [9.17, 15) is 0 Å². The molecule has 2 aliphatic rings. The van der Waals surface area contributed by atoms with Gasteiger partial charge in [-0.3, -0.25) is 4.68 Å². The van der Waals surface area contributed by atoms with Crippen LogP contribution in [0.15, 0.2) is 12.3 Å². The molecule has 2 saturated carbocycles. The van der Waals surface area contributed by atoms with Gasteiger partial charge in [0.25, 0.3) is 0 Å². The summed E-state index contributed by atoms with van der Waals surface area (Å²) in [5, 5.41) is 4.70. The highest BCUT2D eigenvalue weighted by Gasteiger charge is 2.26. The highest BCUT2D eigenvalue weighted by Crippen LogP contribution is 2.31. The second kappa shape index (κ2) is 7.41. The Morgan fingerprint density at radius 2 is 1.90 bits per heavy atom. The van der Waals surface area contributed by atoms with Crippen LogP contribution >= 0.6 is 0 Å². The zero-order valence-corrected chi connectivity index (χ0v) is 13.0. The van der Waals surface area contributed by atoms with Crippen LogP contribution in [0.5, 0.6) is 0 Å². The van der Waals surface area contributed by atoms with Crippen LogP contribution in [0, 0.1) is 11.8 Å². The van der Waals surface area contributed by atoms with Gasteiger partial charge in [-0.05, 0) is 50.1 Å². The number of rotatable bonds is 6. The van der Waals surface area contributed by atoms with Crippen molar-refractivity contribution >= 4 is 0 Å². The van der Waals surface area contributed by atoms with Crippen molar-refractivity contribution < 1.29 is 4.74 Å². The van der Waals surface area contributed by atoms with Crippen molar-refractivity contribution in [1.29, 1.82) is 0 Å². The lowest BCUT2D eigenvalue weighted by Crippen LogP contribution is -2.22. The maximum atomic E-state index is 5.90. The number of ether oxygens (including phenoxy) is 1. The van der Waals surface area contributed by atoms with Gasteiger partial charge in [-0.2, -0.15) is 5.10 Å². The highest BCUT2D eigenvalue weighted by molar-refractivity contribution is 4.98. The Hall–Kier alpha value is -0.870. The minimum Gasteiger partial charge on any atom is -0.375 e. The molecule has 0 spiro atoms. The zero-order chi connectivity index (χ0) is 14.5. The number of hydrogen-bond acceptors (Lipinski definition) is 3. The molecule has 0 saturated heterocycles. The highest BCUT2D eigenvalue weighted by atomic mass is 16.5. The van der Waals surface area contributed by atoms with Gasteiger partial charge in [-0.15, -0.1) is 0 Å². The van der Waals surface area contributed by atoms with Crippen LogP contribution in [0.4, 0.5) is 0 Å². The first kappa shape index (κ1) is 15.0. The van der Waals surface area contributed by atoms with Crippen molar-refractivity contribution in [2.75, 3.05) is 13.2 Å². The molecular formula is C17H29N3O. The minimum absolute atomic E-state index is 0.615. The molecule has 1 aromatic rings. The topological polar surface area (TPSA) is 53.1 Å². The second-order valence-electron chi connectivity index (χ2n) is 6.78. The van der Waals surface area contributed by atoms with E-state index < -0.39 is 0 Å². The summed E-state index contributed by atoms with van der Waals surface area (Å²) in [7, 11) is 0. The van der Waals surface area contributed by atoms with Crippen molar-refractivity contribution in [3.05, 3.63) is 18.0 Å². The van der Waals surface area contributed by atoms with Crippen molar-refractivity contribution in [3.63, 3.8) is 0 Å². The number of hydrogen-bond donors (Lipinski definition) is 1. The number of aromatic nitrogens is 2. The molecule has 0 aliphatic heterocycles. The molecular weight excluding hydrogens is 262 g/mol. The molecule has 0 bridgehead atoms. The fourth-order valence-electron chi connectivity index (χ4n) is 3.96. The molecule has 0 radical (unpaired) electrons. The average molecular weight is 291 g/mol. The Balaban J connectivity index is 1.44. The fourth-order valence-corrected chi connectivity index (χ4v) is 3.96. The number of nitrogens with two attached hydrogens (primary N) is 1. The third-order valence-electron chi connectivity index (χ3n) is 5.31. The van der Waals surface area contributed by atoms with E-state index in [0.29, 0.717) is 24.5 Å². The van der Waals surface area contributed by atoms with Crippen molar-refractivity contribution in [3.8, 4) is 0 Å². The van der Waals surface area contributed by atoms with Gasteiger partial charge in [0.2, 0.25) is 0 Å². The van der Waals surface area contributed by atoms with Crippen molar-refractivity contribution in [1.82, 2.24) is 9.78 Å². The van der Waals surface area contributed by atoms with Crippen molar-refractivity contribution in [2.45, 2.75) is 64.0 Å². The van der Waals surface area contributed by atoms with Gasteiger partial charge in [0.05, 0.1) is 24.9 Å². The van der Waals surface area contributed by atoms with E-state index in [1.54, 1.807) is 0 Å². The summed E-state index contributed by atoms with van der Waals surface area (Å²) in [6.45, 7) is 2.30. The zero-order valence-electron chi connectivity index (χ0n) is 13.0. The molecule has 21 heavy (non-hydrogen) atoms. The normalized spacial score (nSPS) is 27.3. The molecule has 118 valence electrons. The average Bonchev–Trinajstić information content (AvgIpc) is 3.17. The molecule has 2 fully saturated rings. The summed E-state index contributed by atoms with van der Waals surface area (Å²) in [5.74, 6) is 1.33. The van der Waals surface area contributed by atoms with Gasteiger partial charge in [-0.1, -0.05) is 25.7 Å². The maximum Gasteiger partial charge on any atom is 0.0906 e. The minimum atomic E-state index is 0.615. The molecule has 2 aliphatic carbocycles. The lowest BCUT2D eigenvalue weighted by Gasteiger charge is -2.21. The van der Waals surface area contributed by atoms with Crippen LogP contribution in [0.3, 0.4) is 0 Å². The first-order valence-corrected chi connectivity index (χ1v) is 8.68. The van der Waals surface area contributed by atoms with E-state index in [1.807, 2.05) is 0 Å². The number of nitrogens with zero attached hydrogens (tertiary/aromatic N) is 2. The summed E-state index contributed by atoms with van der Waals surface area (Å²) in [5.41, 5.74) is 6.89. The molecule has 1 heterocycles. The van der Waals surface area contributed by atoms with Gasteiger partial charge in [0.15, 0.2) is 0 Å². The molecule has 4 heteroatoms. The Morgan fingerprint density at radius 3 is 2.71 bits per heavy atom. The third-order valence-corrected chi connectivity index (χ3v) is 5.31.